The second kappa shape index (κ2) is 13.8. The molecule has 5 heterocycles. The molecule has 274 valence electrons. The summed E-state index contributed by atoms with van der Waals surface area (Å²) in [5, 5.41) is 2.65. The van der Waals surface area contributed by atoms with Crippen molar-refractivity contribution in [1.82, 2.24) is 23.9 Å². The van der Waals surface area contributed by atoms with Gasteiger partial charge in [0.2, 0.25) is 5.78 Å². The molecule has 3 aromatic carbocycles. The van der Waals surface area contributed by atoms with E-state index in [1.54, 1.807) is 20.4 Å². The fourth-order valence-corrected chi connectivity index (χ4v) is 8.08. The van der Waals surface area contributed by atoms with Gasteiger partial charge in [-0.3, -0.25) is 4.40 Å². The van der Waals surface area contributed by atoms with E-state index in [-0.39, 0.29) is 18.2 Å². The van der Waals surface area contributed by atoms with Gasteiger partial charge in [0.15, 0.2) is 5.79 Å². The van der Waals surface area contributed by atoms with Crippen LogP contribution in [-0.4, -0.2) is 56.1 Å². The van der Waals surface area contributed by atoms with Crippen LogP contribution in [0.5, 0.6) is 11.5 Å². The van der Waals surface area contributed by atoms with Gasteiger partial charge in [0, 0.05) is 48.6 Å². The number of nitrogens with zero attached hydrogens (tertiary/aromatic N) is 6. The van der Waals surface area contributed by atoms with Crippen molar-refractivity contribution in [3.8, 4) is 11.5 Å². The predicted octanol–water partition coefficient (Wildman–Crippen LogP) is 8.74. The van der Waals surface area contributed by atoms with Crippen LogP contribution in [0.3, 0.4) is 0 Å². The van der Waals surface area contributed by atoms with Gasteiger partial charge in [-0.05, 0) is 91.4 Å². The Bertz CT molecular complexity index is 2460. The number of methoxy groups -OCH3 is 2. The summed E-state index contributed by atoms with van der Waals surface area (Å²) in [6.45, 7) is 5.21. The molecule has 0 bridgehead atoms. The Labute approximate surface area is 318 Å². The van der Waals surface area contributed by atoms with Gasteiger partial charge in [-0.15, -0.1) is 0 Å². The summed E-state index contributed by atoms with van der Waals surface area (Å²) in [5.74, 6) is 2.35. The molecule has 1 fully saturated rings. The Morgan fingerprint density at radius 2 is 1.50 bits per heavy atom. The number of halogens is 1. The highest BCUT2D eigenvalue weighted by molar-refractivity contribution is 6.33. The molecule has 1 aliphatic carbocycles. The molecule has 3 atom stereocenters. The van der Waals surface area contributed by atoms with Crippen LogP contribution in [0.1, 0.15) is 43.0 Å². The zero-order chi connectivity index (χ0) is 37.0. The predicted molar refractivity (Wildman–Crippen MR) is 210 cm³/mol. The number of hydrogen-bond donors (Lipinski definition) is 0. The second-order valence-corrected chi connectivity index (χ2v) is 14.9. The molecule has 0 unspecified atom stereocenters. The van der Waals surface area contributed by atoms with Gasteiger partial charge in [-0.1, -0.05) is 54.1 Å². The standard InChI is InChI=1S/C43H41ClN6O4/c1-43(2)53-38-31(23-37(39(38)54-43)50-19-17-32-26-48-20-18-45-42(48)47-40(32)50)12-6-27-5-11-30-22-35(44)41(46-36(30)21-27)49(24-28-7-13-33(51-3)14-8-28)25-29-9-15-34(52-4)16-10-29/h5,7-11,13-23,26,37-39H,6,12,24-25H2,1-4H3/t37-,38-,39+/m1/s1. The Morgan fingerprint density at radius 1 is 0.796 bits per heavy atom. The fourth-order valence-electron chi connectivity index (χ4n) is 7.81. The summed E-state index contributed by atoms with van der Waals surface area (Å²) in [4.78, 5) is 16.7. The SMILES string of the molecule is COc1ccc(CN(Cc2ccc(OC)cc2)c2nc3cc(CCC4=C[C@@H](n5ccc6cn7ccnc7nc65)[C@@H]5OC(C)(C)O[C@H]45)ccc3cc2Cl)cc1. The van der Waals surface area contributed by atoms with Gasteiger partial charge in [-0.25, -0.2) is 9.97 Å². The molecule has 1 aliphatic heterocycles. The Morgan fingerprint density at radius 3 is 2.20 bits per heavy atom. The first-order chi connectivity index (χ1) is 26.2. The van der Waals surface area contributed by atoms with E-state index in [4.69, 9.17) is 40.5 Å². The maximum atomic E-state index is 7.01. The maximum Gasteiger partial charge on any atom is 0.235 e. The summed E-state index contributed by atoms with van der Waals surface area (Å²) >= 11 is 7.01. The van der Waals surface area contributed by atoms with E-state index in [1.165, 1.54) is 11.1 Å². The van der Waals surface area contributed by atoms with Crippen molar-refractivity contribution in [2.75, 3.05) is 19.1 Å². The Kier molecular flexibility index (Phi) is 8.76. The number of pyridine rings is 1. The Hall–Kier alpha value is -5.42. The van der Waals surface area contributed by atoms with E-state index in [0.29, 0.717) is 23.9 Å². The van der Waals surface area contributed by atoms with Crippen LogP contribution in [0.15, 0.2) is 115 Å². The van der Waals surface area contributed by atoms with E-state index in [0.717, 1.165) is 63.2 Å². The number of benzene rings is 3. The number of aryl methyl sites for hydroxylation is 1. The number of rotatable bonds is 11. The minimum atomic E-state index is -0.689. The Balaban J connectivity index is 1.00. The first kappa shape index (κ1) is 34.4. The summed E-state index contributed by atoms with van der Waals surface area (Å²) in [5.41, 5.74) is 6.44. The number of aromatic nitrogens is 5. The van der Waals surface area contributed by atoms with Gasteiger partial charge in [-0.2, -0.15) is 4.98 Å². The molecule has 9 rings (SSSR count). The molecule has 10 nitrogen and oxygen atoms in total. The lowest BCUT2D eigenvalue weighted by molar-refractivity contribution is -0.147. The largest absolute Gasteiger partial charge is 0.497 e. The number of imidazole rings is 1. The lowest BCUT2D eigenvalue weighted by Gasteiger charge is -2.26. The van der Waals surface area contributed by atoms with Crippen molar-refractivity contribution in [2.24, 2.45) is 0 Å². The molecular weight excluding hydrogens is 700 g/mol. The highest BCUT2D eigenvalue weighted by atomic mass is 35.5. The molecular formula is C43H41ClN6O4. The monoisotopic (exact) mass is 740 g/mol. The highest BCUT2D eigenvalue weighted by Crippen LogP contribution is 2.45. The van der Waals surface area contributed by atoms with Crippen LogP contribution >= 0.6 is 11.6 Å². The molecule has 0 radical (unpaired) electrons. The lowest BCUT2D eigenvalue weighted by atomic mass is 10.0. The van der Waals surface area contributed by atoms with Gasteiger partial charge in [0.25, 0.3) is 0 Å². The van der Waals surface area contributed by atoms with E-state index in [2.05, 4.69) is 81.5 Å². The molecule has 7 aromatic rings. The van der Waals surface area contributed by atoms with Crippen LogP contribution in [0.4, 0.5) is 5.82 Å². The van der Waals surface area contributed by atoms with Gasteiger partial charge in [0.05, 0.1) is 30.8 Å². The first-order valence-corrected chi connectivity index (χ1v) is 18.6. The van der Waals surface area contributed by atoms with Crippen LogP contribution in [-0.2, 0) is 29.0 Å². The molecule has 4 aromatic heterocycles. The summed E-state index contributed by atoms with van der Waals surface area (Å²) in [6.07, 6.45) is 11.5. The van der Waals surface area contributed by atoms with Gasteiger partial charge >= 0.3 is 0 Å². The molecule has 2 aliphatic rings. The third-order valence-electron chi connectivity index (χ3n) is 10.5. The smallest absolute Gasteiger partial charge is 0.235 e. The van der Waals surface area contributed by atoms with Gasteiger partial charge in [0.1, 0.15) is 35.2 Å². The van der Waals surface area contributed by atoms with E-state index < -0.39 is 5.79 Å². The minimum absolute atomic E-state index is 0.0560. The van der Waals surface area contributed by atoms with Crippen LogP contribution in [0.2, 0.25) is 5.02 Å². The lowest BCUT2D eigenvalue weighted by Crippen LogP contribution is -2.27. The topological polar surface area (TPSA) is 88.2 Å². The molecule has 0 amide bonds. The molecule has 1 saturated heterocycles. The number of anilines is 1. The van der Waals surface area contributed by atoms with E-state index >= 15 is 0 Å². The minimum Gasteiger partial charge on any atom is -0.497 e. The summed E-state index contributed by atoms with van der Waals surface area (Å²) in [6, 6.07) is 26.8. The van der Waals surface area contributed by atoms with Crippen molar-refractivity contribution < 1.29 is 18.9 Å². The quantitative estimate of drug-likeness (QED) is 0.122. The molecule has 54 heavy (non-hydrogen) atoms. The summed E-state index contributed by atoms with van der Waals surface area (Å²) < 4.78 is 28.0. The van der Waals surface area contributed by atoms with Crippen molar-refractivity contribution in [2.45, 2.75) is 63.8 Å². The van der Waals surface area contributed by atoms with Gasteiger partial charge < -0.3 is 28.4 Å². The third kappa shape index (κ3) is 6.55. The molecule has 0 N–H and O–H groups in total. The molecule has 0 spiro atoms. The first-order valence-electron chi connectivity index (χ1n) is 18.2. The zero-order valence-corrected chi connectivity index (χ0v) is 31.4. The van der Waals surface area contributed by atoms with E-state index in [1.807, 2.05) is 54.8 Å². The fraction of sp³-hybridized carbons (Fsp3) is 0.279. The zero-order valence-electron chi connectivity index (χ0n) is 30.6. The summed E-state index contributed by atoms with van der Waals surface area (Å²) in [7, 11) is 3.35. The number of ether oxygens (including phenoxy) is 4. The van der Waals surface area contributed by atoms with Crippen molar-refractivity contribution in [3.05, 3.63) is 137 Å². The second-order valence-electron chi connectivity index (χ2n) is 14.5. The van der Waals surface area contributed by atoms with Crippen LogP contribution in [0, 0.1) is 0 Å². The van der Waals surface area contributed by atoms with E-state index in [9.17, 15) is 0 Å². The van der Waals surface area contributed by atoms with Crippen molar-refractivity contribution in [1.29, 1.82) is 0 Å². The van der Waals surface area contributed by atoms with Crippen LogP contribution < -0.4 is 14.4 Å². The highest BCUT2D eigenvalue weighted by Gasteiger charge is 2.50. The van der Waals surface area contributed by atoms with Crippen molar-refractivity contribution >= 4 is 45.1 Å². The normalized spacial score (nSPS) is 19.1. The average molecular weight is 741 g/mol. The molecule has 11 heteroatoms. The maximum absolute atomic E-state index is 7.01. The van der Waals surface area contributed by atoms with Crippen LogP contribution in [0.25, 0.3) is 27.7 Å². The average Bonchev–Trinajstić information content (AvgIpc) is 3.95. The third-order valence-corrected chi connectivity index (χ3v) is 10.7. The number of fused-ring (bicyclic) bond motifs is 4. The van der Waals surface area contributed by atoms with Crippen molar-refractivity contribution in [3.63, 3.8) is 0 Å². The number of hydrogen-bond acceptors (Lipinski definition) is 8. The molecule has 0 saturated carbocycles.